The Kier molecular flexibility index (Phi) is 2.24. The molecule has 0 radical (unpaired) electrons. The Hall–Kier alpha value is -2.55. The van der Waals surface area contributed by atoms with E-state index < -0.39 is 0 Å². The van der Waals surface area contributed by atoms with Crippen LogP contribution in [0.2, 0.25) is 0 Å². The summed E-state index contributed by atoms with van der Waals surface area (Å²) in [4.78, 5) is 9.33. The van der Waals surface area contributed by atoms with E-state index in [1.54, 1.807) is 0 Å². The minimum absolute atomic E-state index is 0.997. The van der Waals surface area contributed by atoms with Gasteiger partial charge in [-0.05, 0) is 36.2 Å². The molecule has 0 fully saturated rings. The standard InChI is InChI=1S/C17H14N3/c1-11-13-7-8-16-14(17(13)18-10-20(11)2)9-12-5-3-4-6-15(12)19-16/h3-10H,1-2H3/q+1. The number of fused-ring (bicyclic) bond motifs is 4. The third-order valence-corrected chi connectivity index (χ3v) is 3.95. The lowest BCUT2D eigenvalue weighted by Gasteiger charge is -2.04. The van der Waals surface area contributed by atoms with E-state index in [1.807, 2.05) is 36.1 Å². The smallest absolute Gasteiger partial charge is 0.248 e. The van der Waals surface area contributed by atoms with Crippen LogP contribution in [0.25, 0.3) is 32.7 Å². The molecule has 96 valence electrons. The monoisotopic (exact) mass is 260 g/mol. The van der Waals surface area contributed by atoms with Crippen LogP contribution in [0.5, 0.6) is 0 Å². The summed E-state index contributed by atoms with van der Waals surface area (Å²) in [5, 5.41) is 3.45. The van der Waals surface area contributed by atoms with Crippen molar-refractivity contribution in [2.24, 2.45) is 7.05 Å². The minimum Gasteiger partial charge on any atom is -0.248 e. The van der Waals surface area contributed by atoms with Crippen LogP contribution >= 0.6 is 0 Å². The summed E-state index contributed by atoms with van der Waals surface area (Å²) in [6.07, 6.45) is 1.87. The van der Waals surface area contributed by atoms with Crippen LogP contribution in [0, 0.1) is 6.92 Å². The van der Waals surface area contributed by atoms with Gasteiger partial charge in [-0.2, -0.15) is 0 Å². The van der Waals surface area contributed by atoms with Crippen molar-refractivity contribution in [1.82, 2.24) is 9.97 Å². The second-order valence-corrected chi connectivity index (χ2v) is 5.15. The summed E-state index contributed by atoms with van der Waals surface area (Å²) < 4.78 is 2.04. The predicted octanol–water partition coefficient (Wildman–Crippen LogP) is 3.07. The Bertz CT molecular complexity index is 974. The van der Waals surface area contributed by atoms with Gasteiger partial charge in [-0.15, -0.1) is 0 Å². The first-order valence-corrected chi connectivity index (χ1v) is 6.67. The van der Waals surface area contributed by atoms with E-state index in [-0.39, 0.29) is 0 Å². The number of aromatic nitrogens is 3. The number of nitrogens with zero attached hydrogens (tertiary/aromatic N) is 3. The largest absolute Gasteiger partial charge is 0.286 e. The summed E-state index contributed by atoms with van der Waals surface area (Å²) in [5.74, 6) is 0. The highest BCUT2D eigenvalue weighted by molar-refractivity contribution is 6.07. The minimum atomic E-state index is 0.997. The fourth-order valence-electron chi connectivity index (χ4n) is 2.69. The molecule has 0 saturated carbocycles. The zero-order chi connectivity index (χ0) is 13.7. The van der Waals surface area contributed by atoms with E-state index in [9.17, 15) is 0 Å². The first kappa shape index (κ1) is 11.3. The number of benzene rings is 2. The van der Waals surface area contributed by atoms with Gasteiger partial charge in [0.2, 0.25) is 0 Å². The van der Waals surface area contributed by atoms with Crippen LogP contribution in [0.1, 0.15) is 5.69 Å². The number of hydrogen-bond donors (Lipinski definition) is 0. The van der Waals surface area contributed by atoms with Gasteiger partial charge in [0.1, 0.15) is 5.69 Å². The lowest BCUT2D eigenvalue weighted by molar-refractivity contribution is -0.679. The van der Waals surface area contributed by atoms with Gasteiger partial charge in [0.25, 0.3) is 6.33 Å². The molecule has 0 spiro atoms. The average molecular weight is 260 g/mol. The van der Waals surface area contributed by atoms with Crippen LogP contribution in [-0.2, 0) is 7.05 Å². The van der Waals surface area contributed by atoms with Crippen LogP contribution < -0.4 is 4.57 Å². The van der Waals surface area contributed by atoms with Crippen molar-refractivity contribution in [2.45, 2.75) is 6.92 Å². The number of pyridine rings is 1. The summed E-state index contributed by atoms with van der Waals surface area (Å²) in [7, 11) is 2.02. The van der Waals surface area contributed by atoms with Crippen LogP contribution in [-0.4, -0.2) is 9.97 Å². The fourth-order valence-corrected chi connectivity index (χ4v) is 2.69. The molecule has 2 heterocycles. The Labute approximate surface area is 116 Å². The van der Waals surface area contributed by atoms with Gasteiger partial charge in [0.15, 0.2) is 5.52 Å². The Morgan fingerprint density at radius 1 is 0.950 bits per heavy atom. The van der Waals surface area contributed by atoms with Crippen LogP contribution in [0.3, 0.4) is 0 Å². The molecule has 0 amide bonds. The number of para-hydroxylation sites is 1. The van der Waals surface area contributed by atoms with E-state index in [1.165, 1.54) is 11.1 Å². The van der Waals surface area contributed by atoms with Crippen molar-refractivity contribution in [1.29, 1.82) is 0 Å². The Morgan fingerprint density at radius 2 is 1.80 bits per heavy atom. The van der Waals surface area contributed by atoms with Gasteiger partial charge in [-0.25, -0.2) is 9.55 Å². The molecule has 2 aromatic heterocycles. The summed E-state index contributed by atoms with van der Waals surface area (Å²) in [6.45, 7) is 2.12. The molecule has 0 N–H and O–H groups in total. The molecule has 4 aromatic rings. The van der Waals surface area contributed by atoms with Crippen molar-refractivity contribution in [2.75, 3.05) is 0 Å². The maximum Gasteiger partial charge on any atom is 0.286 e. The van der Waals surface area contributed by atoms with Gasteiger partial charge in [-0.3, -0.25) is 0 Å². The first-order valence-electron chi connectivity index (χ1n) is 6.67. The molecule has 20 heavy (non-hydrogen) atoms. The SMILES string of the molecule is Cc1c2ccc3nc4ccccc4cc3c2nc[n+]1C. The third-order valence-electron chi connectivity index (χ3n) is 3.95. The molecule has 0 aliphatic carbocycles. The van der Waals surface area contributed by atoms with E-state index in [4.69, 9.17) is 4.98 Å². The predicted molar refractivity (Wildman–Crippen MR) is 80.5 cm³/mol. The summed E-state index contributed by atoms with van der Waals surface area (Å²) in [5.41, 5.74) is 4.26. The molecule has 0 unspecified atom stereocenters. The third kappa shape index (κ3) is 1.50. The molecule has 2 aromatic carbocycles. The lowest BCUT2D eigenvalue weighted by atomic mass is 10.1. The second kappa shape index (κ2) is 3.97. The Balaban J connectivity index is 2.24. The summed E-state index contributed by atoms with van der Waals surface area (Å²) >= 11 is 0. The molecule has 0 saturated heterocycles. The number of hydrogen-bond acceptors (Lipinski definition) is 2. The highest BCUT2D eigenvalue weighted by Gasteiger charge is 2.13. The number of rotatable bonds is 0. The second-order valence-electron chi connectivity index (χ2n) is 5.15. The van der Waals surface area contributed by atoms with Gasteiger partial charge < -0.3 is 0 Å². The zero-order valence-corrected chi connectivity index (χ0v) is 11.5. The first-order chi connectivity index (χ1) is 9.74. The molecule has 0 aliphatic heterocycles. The van der Waals surface area contributed by atoms with Crippen molar-refractivity contribution in [3.8, 4) is 0 Å². The molecule has 0 aliphatic rings. The van der Waals surface area contributed by atoms with Crippen molar-refractivity contribution >= 4 is 32.7 Å². The zero-order valence-electron chi connectivity index (χ0n) is 11.5. The summed E-state index contributed by atoms with van der Waals surface area (Å²) in [6, 6.07) is 14.6. The van der Waals surface area contributed by atoms with Crippen molar-refractivity contribution < 1.29 is 4.57 Å². The van der Waals surface area contributed by atoms with Crippen molar-refractivity contribution in [3.63, 3.8) is 0 Å². The average Bonchev–Trinajstić information content (AvgIpc) is 2.48. The topological polar surface area (TPSA) is 29.7 Å². The van der Waals surface area contributed by atoms with E-state index in [0.29, 0.717) is 0 Å². The van der Waals surface area contributed by atoms with Gasteiger partial charge in [0, 0.05) is 5.39 Å². The van der Waals surface area contributed by atoms with Gasteiger partial charge in [0.05, 0.1) is 28.9 Å². The molecular weight excluding hydrogens is 246 g/mol. The maximum atomic E-state index is 4.73. The van der Waals surface area contributed by atoms with Crippen LogP contribution in [0.4, 0.5) is 0 Å². The molecule has 4 rings (SSSR count). The van der Waals surface area contributed by atoms with E-state index >= 15 is 0 Å². The Morgan fingerprint density at radius 3 is 2.70 bits per heavy atom. The van der Waals surface area contributed by atoms with E-state index in [2.05, 4.69) is 36.2 Å². The van der Waals surface area contributed by atoms with Gasteiger partial charge >= 0.3 is 0 Å². The maximum absolute atomic E-state index is 4.73. The highest BCUT2D eigenvalue weighted by atomic mass is 15.0. The normalized spacial score (nSPS) is 11.5. The lowest BCUT2D eigenvalue weighted by Crippen LogP contribution is -2.32. The number of aryl methyl sites for hydroxylation is 2. The molecule has 0 bridgehead atoms. The quantitative estimate of drug-likeness (QED) is 0.276. The van der Waals surface area contributed by atoms with Crippen LogP contribution in [0.15, 0.2) is 48.8 Å². The van der Waals surface area contributed by atoms with Crippen molar-refractivity contribution in [3.05, 3.63) is 54.5 Å². The fraction of sp³-hybridized carbons (Fsp3) is 0.118. The van der Waals surface area contributed by atoms with Gasteiger partial charge in [-0.1, -0.05) is 18.2 Å². The highest BCUT2D eigenvalue weighted by Crippen LogP contribution is 2.26. The molecule has 3 heteroatoms. The molecule has 0 atom stereocenters. The molecular formula is C17H14N3+. The molecule has 3 nitrogen and oxygen atoms in total. The van der Waals surface area contributed by atoms with E-state index in [0.717, 1.165) is 27.3 Å².